The molecule has 0 aromatic heterocycles. The first-order valence-electron chi connectivity index (χ1n) is 9.97. The normalized spacial score (nSPS) is 19.9. The molecule has 0 saturated heterocycles. The number of halogens is 1. The van der Waals surface area contributed by atoms with E-state index in [1.54, 1.807) is 6.07 Å². The summed E-state index contributed by atoms with van der Waals surface area (Å²) in [5, 5.41) is 8.85. The first kappa shape index (κ1) is 18.6. The van der Waals surface area contributed by atoms with E-state index in [1.165, 1.54) is 31.2 Å². The fourth-order valence-electron chi connectivity index (χ4n) is 4.26. The van der Waals surface area contributed by atoms with Crippen LogP contribution >= 0.6 is 0 Å². The van der Waals surface area contributed by atoms with Crippen molar-refractivity contribution in [1.29, 1.82) is 5.26 Å². The van der Waals surface area contributed by atoms with Gasteiger partial charge in [0.2, 0.25) is 0 Å². The van der Waals surface area contributed by atoms with Crippen LogP contribution in [0.5, 0.6) is 0 Å². The van der Waals surface area contributed by atoms with Crippen LogP contribution in [-0.4, -0.2) is 0 Å². The Morgan fingerprint density at radius 2 is 1.62 bits per heavy atom. The summed E-state index contributed by atoms with van der Waals surface area (Å²) in [4.78, 5) is 0. The molecule has 1 saturated carbocycles. The molecule has 2 aromatic rings. The van der Waals surface area contributed by atoms with Crippen LogP contribution in [0.15, 0.2) is 42.5 Å². The van der Waals surface area contributed by atoms with E-state index < -0.39 is 0 Å². The van der Waals surface area contributed by atoms with E-state index in [9.17, 15) is 4.39 Å². The molecule has 1 aliphatic rings. The fourth-order valence-corrected chi connectivity index (χ4v) is 4.26. The Morgan fingerprint density at radius 3 is 2.23 bits per heavy atom. The quantitative estimate of drug-likeness (QED) is 0.579. The molecule has 0 atom stereocenters. The van der Waals surface area contributed by atoms with E-state index in [2.05, 4.69) is 19.1 Å². The van der Waals surface area contributed by atoms with E-state index >= 15 is 0 Å². The van der Waals surface area contributed by atoms with Gasteiger partial charge in [0.25, 0.3) is 0 Å². The van der Waals surface area contributed by atoms with Crippen LogP contribution in [0.1, 0.15) is 73.6 Å². The minimum Gasteiger partial charge on any atom is -0.207 e. The molecule has 1 fully saturated rings. The average Bonchev–Trinajstić information content (AvgIpc) is 2.68. The molecule has 0 unspecified atom stereocenters. The van der Waals surface area contributed by atoms with Gasteiger partial charge in [0, 0.05) is 0 Å². The zero-order valence-corrected chi connectivity index (χ0v) is 15.7. The summed E-state index contributed by atoms with van der Waals surface area (Å²) in [6, 6.07) is 15.6. The second-order valence-corrected chi connectivity index (χ2v) is 7.67. The Balaban J connectivity index is 1.58. The number of nitrogens with zero attached hydrogens (tertiary/aromatic N) is 1. The molecule has 3 rings (SSSR count). The van der Waals surface area contributed by atoms with E-state index in [4.69, 9.17) is 5.26 Å². The lowest BCUT2D eigenvalue weighted by atomic mass is 9.77. The molecule has 0 N–H and O–H groups in total. The molecule has 1 nitrogen and oxygen atoms in total. The molecule has 0 amide bonds. The first-order valence-corrected chi connectivity index (χ1v) is 9.97. The van der Waals surface area contributed by atoms with Gasteiger partial charge in [-0.2, -0.15) is 5.26 Å². The van der Waals surface area contributed by atoms with Crippen LogP contribution in [0.25, 0.3) is 0 Å². The van der Waals surface area contributed by atoms with Crippen molar-refractivity contribution in [3.05, 3.63) is 70.5 Å². The predicted octanol–water partition coefficient (Wildman–Crippen LogP) is 6.56. The lowest BCUT2D eigenvalue weighted by molar-refractivity contribution is 0.304. The molecule has 0 aliphatic heterocycles. The van der Waals surface area contributed by atoms with Gasteiger partial charge in [-0.3, -0.25) is 0 Å². The Bertz CT molecular complexity index is 749. The van der Waals surface area contributed by atoms with Crippen LogP contribution in [0.4, 0.5) is 4.39 Å². The molecule has 2 aromatic carbocycles. The van der Waals surface area contributed by atoms with Gasteiger partial charge in [-0.05, 0) is 85.3 Å². The Hall–Kier alpha value is -2.14. The summed E-state index contributed by atoms with van der Waals surface area (Å²) in [6.45, 7) is 2.25. The van der Waals surface area contributed by atoms with Crippen molar-refractivity contribution in [3.8, 4) is 6.07 Å². The van der Waals surface area contributed by atoms with E-state index in [1.807, 2.05) is 30.3 Å². The van der Waals surface area contributed by atoms with Gasteiger partial charge in [0.1, 0.15) is 5.82 Å². The summed E-state index contributed by atoms with van der Waals surface area (Å²) in [5.74, 6) is 1.22. The predicted molar refractivity (Wildman–Crippen MR) is 105 cm³/mol. The molecule has 0 heterocycles. The van der Waals surface area contributed by atoms with Crippen molar-refractivity contribution in [2.45, 2.75) is 64.2 Å². The number of hydrogen-bond donors (Lipinski definition) is 0. The summed E-state index contributed by atoms with van der Waals surface area (Å²) < 4.78 is 14.7. The van der Waals surface area contributed by atoms with Crippen molar-refractivity contribution >= 4 is 0 Å². The van der Waals surface area contributed by atoms with Crippen LogP contribution in [0, 0.1) is 23.1 Å². The van der Waals surface area contributed by atoms with Gasteiger partial charge in [-0.25, -0.2) is 4.39 Å². The van der Waals surface area contributed by atoms with E-state index in [0.29, 0.717) is 11.5 Å². The SMILES string of the molecule is CCCC1CCC(c2ccc(CCc3ccc(C#N)cc3)cc2F)CC1. The summed E-state index contributed by atoms with van der Waals surface area (Å²) in [6.07, 6.45) is 9.04. The molecular formula is C24H28FN. The smallest absolute Gasteiger partial charge is 0.126 e. The molecule has 136 valence electrons. The third-order valence-corrected chi connectivity index (χ3v) is 5.83. The maximum Gasteiger partial charge on any atom is 0.126 e. The van der Waals surface area contributed by atoms with Crippen molar-refractivity contribution in [2.24, 2.45) is 5.92 Å². The first-order chi connectivity index (χ1) is 12.7. The van der Waals surface area contributed by atoms with Gasteiger partial charge < -0.3 is 0 Å². The Morgan fingerprint density at radius 1 is 0.962 bits per heavy atom. The molecular weight excluding hydrogens is 321 g/mol. The number of aryl methyl sites for hydroxylation is 2. The second-order valence-electron chi connectivity index (χ2n) is 7.67. The average molecular weight is 349 g/mol. The van der Waals surface area contributed by atoms with Crippen molar-refractivity contribution < 1.29 is 4.39 Å². The third-order valence-electron chi connectivity index (χ3n) is 5.83. The highest BCUT2D eigenvalue weighted by Gasteiger charge is 2.23. The fraction of sp³-hybridized carbons (Fsp3) is 0.458. The molecule has 2 heteroatoms. The van der Waals surface area contributed by atoms with Crippen LogP contribution in [0.2, 0.25) is 0 Å². The summed E-state index contributed by atoms with van der Waals surface area (Å²) >= 11 is 0. The monoisotopic (exact) mass is 349 g/mol. The van der Waals surface area contributed by atoms with E-state index in [-0.39, 0.29) is 5.82 Å². The highest BCUT2D eigenvalue weighted by molar-refractivity contribution is 5.33. The van der Waals surface area contributed by atoms with Gasteiger partial charge in [0.15, 0.2) is 0 Å². The molecule has 0 spiro atoms. The molecule has 1 aliphatic carbocycles. The van der Waals surface area contributed by atoms with Crippen LogP contribution in [0.3, 0.4) is 0 Å². The van der Waals surface area contributed by atoms with Crippen molar-refractivity contribution in [1.82, 2.24) is 0 Å². The Labute approximate surface area is 156 Å². The van der Waals surface area contributed by atoms with Gasteiger partial charge in [-0.15, -0.1) is 0 Å². The van der Waals surface area contributed by atoms with E-state index in [0.717, 1.165) is 42.7 Å². The standard InChI is InChI=1S/C24H28FN/c1-2-3-18-10-13-22(14-11-18)23-15-12-20(16-24(23)25)7-4-19-5-8-21(17-26)9-6-19/h5-6,8-9,12,15-16,18,22H,2-4,7,10-11,13-14H2,1H3. The molecule has 26 heavy (non-hydrogen) atoms. The second kappa shape index (κ2) is 8.99. The van der Waals surface area contributed by atoms with Gasteiger partial charge in [-0.1, -0.05) is 44.0 Å². The highest BCUT2D eigenvalue weighted by atomic mass is 19.1. The lowest BCUT2D eigenvalue weighted by Gasteiger charge is -2.29. The minimum atomic E-state index is -0.0266. The maximum atomic E-state index is 14.7. The van der Waals surface area contributed by atoms with Crippen LogP contribution < -0.4 is 0 Å². The van der Waals surface area contributed by atoms with Crippen LogP contribution in [-0.2, 0) is 12.8 Å². The third kappa shape index (κ3) is 4.73. The summed E-state index contributed by atoms with van der Waals surface area (Å²) in [5.41, 5.74) is 3.83. The summed E-state index contributed by atoms with van der Waals surface area (Å²) in [7, 11) is 0. The number of nitriles is 1. The zero-order chi connectivity index (χ0) is 18.4. The molecule has 0 radical (unpaired) electrons. The Kier molecular flexibility index (Phi) is 6.45. The topological polar surface area (TPSA) is 23.8 Å². The van der Waals surface area contributed by atoms with Gasteiger partial charge >= 0.3 is 0 Å². The molecule has 0 bridgehead atoms. The minimum absolute atomic E-state index is 0.0266. The van der Waals surface area contributed by atoms with Gasteiger partial charge in [0.05, 0.1) is 11.6 Å². The van der Waals surface area contributed by atoms with Crippen molar-refractivity contribution in [3.63, 3.8) is 0 Å². The number of rotatable bonds is 6. The van der Waals surface area contributed by atoms with Crippen molar-refractivity contribution in [2.75, 3.05) is 0 Å². The lowest BCUT2D eigenvalue weighted by Crippen LogP contribution is -2.14. The maximum absolute atomic E-state index is 14.7. The largest absolute Gasteiger partial charge is 0.207 e. The highest BCUT2D eigenvalue weighted by Crippen LogP contribution is 2.38. The number of hydrogen-bond acceptors (Lipinski definition) is 1. The zero-order valence-electron chi connectivity index (χ0n) is 15.7. The number of benzene rings is 2.